The second kappa shape index (κ2) is 2.19. The highest BCUT2D eigenvalue weighted by Gasteiger charge is 1.86. The number of hydrogen-bond donors (Lipinski definition) is 0. The van der Waals surface area contributed by atoms with Gasteiger partial charge in [0.25, 0.3) is 0 Å². The summed E-state index contributed by atoms with van der Waals surface area (Å²) in [5.74, 6) is -0.294. The Kier molecular flexibility index (Phi) is 1.54. The van der Waals surface area contributed by atoms with Gasteiger partial charge in [-0.25, -0.2) is 4.39 Å². The lowest BCUT2D eigenvalue weighted by Crippen LogP contribution is -1.91. The van der Waals surface area contributed by atoms with E-state index in [2.05, 4.69) is 14.2 Å². The summed E-state index contributed by atoms with van der Waals surface area (Å²) in [6.07, 6.45) is 2.75. The first-order chi connectivity index (χ1) is 3.79. The van der Waals surface area contributed by atoms with Gasteiger partial charge in [-0.3, -0.25) is 4.98 Å². The van der Waals surface area contributed by atoms with Crippen molar-refractivity contribution in [3.05, 3.63) is 24.3 Å². The van der Waals surface area contributed by atoms with Crippen LogP contribution in [0.1, 0.15) is 0 Å². The summed E-state index contributed by atoms with van der Waals surface area (Å²) in [5, 5.41) is 0.769. The van der Waals surface area contributed by atoms with E-state index in [9.17, 15) is 4.39 Å². The van der Waals surface area contributed by atoms with Gasteiger partial charge in [-0.15, -0.1) is 9.24 Å². The third-order valence-corrected chi connectivity index (χ3v) is 1.04. The van der Waals surface area contributed by atoms with Crippen molar-refractivity contribution >= 4 is 14.5 Å². The SMILES string of the molecule is Fc1cncc(P)c1. The molecule has 0 fully saturated rings. The van der Waals surface area contributed by atoms with Gasteiger partial charge in [0.1, 0.15) is 5.82 Å². The van der Waals surface area contributed by atoms with Gasteiger partial charge in [-0.2, -0.15) is 0 Å². The molecule has 0 amide bonds. The summed E-state index contributed by atoms with van der Waals surface area (Å²) in [6, 6.07) is 1.40. The molecule has 0 aromatic carbocycles. The van der Waals surface area contributed by atoms with Crippen LogP contribution >= 0.6 is 9.24 Å². The summed E-state index contributed by atoms with van der Waals surface area (Å²) < 4.78 is 12.1. The zero-order chi connectivity index (χ0) is 5.98. The monoisotopic (exact) mass is 129 g/mol. The van der Waals surface area contributed by atoms with Crippen LogP contribution in [0.2, 0.25) is 0 Å². The number of rotatable bonds is 0. The maximum absolute atomic E-state index is 12.1. The van der Waals surface area contributed by atoms with Crippen LogP contribution in [0.5, 0.6) is 0 Å². The normalized spacial score (nSPS) is 9.25. The molecular formula is C5H5FNP. The molecule has 0 radical (unpaired) electrons. The standard InChI is InChI=1S/C5H5FNP/c6-4-1-5(8)3-7-2-4/h1-3H,8H2. The van der Waals surface area contributed by atoms with E-state index in [4.69, 9.17) is 0 Å². The summed E-state index contributed by atoms with van der Waals surface area (Å²) in [4.78, 5) is 3.59. The lowest BCUT2D eigenvalue weighted by atomic mass is 10.5. The Morgan fingerprint density at radius 1 is 1.50 bits per heavy atom. The molecule has 8 heavy (non-hydrogen) atoms. The van der Waals surface area contributed by atoms with E-state index in [-0.39, 0.29) is 5.82 Å². The number of halogens is 1. The molecule has 0 saturated heterocycles. The zero-order valence-corrected chi connectivity index (χ0v) is 5.29. The Morgan fingerprint density at radius 3 is 2.62 bits per heavy atom. The van der Waals surface area contributed by atoms with Crippen molar-refractivity contribution in [2.24, 2.45) is 0 Å². The van der Waals surface area contributed by atoms with E-state index in [1.807, 2.05) is 0 Å². The van der Waals surface area contributed by atoms with Crippen LogP contribution in [-0.2, 0) is 0 Å². The van der Waals surface area contributed by atoms with Gasteiger partial charge in [-0.05, 0) is 11.4 Å². The van der Waals surface area contributed by atoms with Crippen LogP contribution in [0, 0.1) is 5.82 Å². The summed E-state index contributed by atoms with van der Waals surface area (Å²) in [6.45, 7) is 0. The van der Waals surface area contributed by atoms with Crippen LogP contribution < -0.4 is 5.30 Å². The number of nitrogens with zero attached hydrogens (tertiary/aromatic N) is 1. The minimum Gasteiger partial charge on any atom is -0.261 e. The first kappa shape index (κ1) is 5.64. The van der Waals surface area contributed by atoms with Crippen LogP contribution in [0.15, 0.2) is 18.5 Å². The molecule has 1 rings (SSSR count). The average molecular weight is 129 g/mol. The van der Waals surface area contributed by atoms with E-state index in [1.54, 1.807) is 6.20 Å². The highest BCUT2D eigenvalue weighted by molar-refractivity contribution is 7.27. The van der Waals surface area contributed by atoms with Crippen LogP contribution in [0.25, 0.3) is 0 Å². The van der Waals surface area contributed by atoms with Crippen molar-refractivity contribution in [2.45, 2.75) is 0 Å². The molecule has 1 atom stereocenters. The smallest absolute Gasteiger partial charge is 0.142 e. The molecule has 0 aliphatic carbocycles. The van der Waals surface area contributed by atoms with E-state index in [0.717, 1.165) is 5.30 Å². The predicted molar refractivity (Wildman–Crippen MR) is 33.5 cm³/mol. The Bertz CT molecular complexity index is 172. The lowest BCUT2D eigenvalue weighted by Gasteiger charge is -1.86. The molecular weight excluding hydrogens is 124 g/mol. The van der Waals surface area contributed by atoms with Crippen molar-refractivity contribution in [2.75, 3.05) is 0 Å². The Labute approximate surface area is 49.1 Å². The number of aromatic nitrogens is 1. The molecule has 1 unspecified atom stereocenters. The first-order valence-electron chi connectivity index (χ1n) is 2.15. The van der Waals surface area contributed by atoms with Crippen molar-refractivity contribution in [1.82, 2.24) is 4.98 Å². The fourth-order valence-corrected chi connectivity index (χ4v) is 0.674. The van der Waals surface area contributed by atoms with E-state index >= 15 is 0 Å². The zero-order valence-electron chi connectivity index (χ0n) is 4.13. The quantitative estimate of drug-likeness (QED) is 0.470. The van der Waals surface area contributed by atoms with Crippen LogP contribution in [0.4, 0.5) is 4.39 Å². The fraction of sp³-hybridized carbons (Fsp3) is 0. The van der Waals surface area contributed by atoms with Gasteiger partial charge in [0.2, 0.25) is 0 Å². The van der Waals surface area contributed by atoms with Crippen LogP contribution in [0.3, 0.4) is 0 Å². The van der Waals surface area contributed by atoms with Gasteiger partial charge < -0.3 is 0 Å². The molecule has 0 saturated carbocycles. The molecule has 0 spiro atoms. The second-order valence-electron chi connectivity index (χ2n) is 1.44. The summed E-state index contributed by atoms with van der Waals surface area (Å²) >= 11 is 0. The molecule has 0 bridgehead atoms. The Balaban J connectivity index is 3.08. The molecule has 0 aliphatic rings. The molecule has 1 nitrogen and oxygen atoms in total. The second-order valence-corrected chi connectivity index (χ2v) is 2.10. The molecule has 1 aromatic rings. The van der Waals surface area contributed by atoms with Gasteiger partial charge >= 0.3 is 0 Å². The van der Waals surface area contributed by atoms with Gasteiger partial charge in [0.15, 0.2) is 0 Å². The van der Waals surface area contributed by atoms with E-state index in [1.165, 1.54) is 12.3 Å². The minimum absolute atomic E-state index is 0.294. The lowest BCUT2D eigenvalue weighted by molar-refractivity contribution is 0.623. The van der Waals surface area contributed by atoms with E-state index in [0.29, 0.717) is 0 Å². The molecule has 0 aliphatic heterocycles. The van der Waals surface area contributed by atoms with Crippen molar-refractivity contribution < 1.29 is 4.39 Å². The molecule has 42 valence electrons. The predicted octanol–water partition coefficient (Wildman–Crippen LogP) is 0.721. The minimum atomic E-state index is -0.294. The number of hydrogen-bond acceptors (Lipinski definition) is 1. The highest BCUT2D eigenvalue weighted by atomic mass is 31.0. The summed E-state index contributed by atoms with van der Waals surface area (Å²) in [5.41, 5.74) is 0. The largest absolute Gasteiger partial charge is 0.261 e. The highest BCUT2D eigenvalue weighted by Crippen LogP contribution is 1.91. The first-order valence-corrected chi connectivity index (χ1v) is 2.73. The molecule has 3 heteroatoms. The van der Waals surface area contributed by atoms with Crippen molar-refractivity contribution in [3.63, 3.8) is 0 Å². The molecule has 0 N–H and O–H groups in total. The van der Waals surface area contributed by atoms with Crippen molar-refractivity contribution in [1.29, 1.82) is 0 Å². The third-order valence-electron chi connectivity index (χ3n) is 0.726. The Hall–Kier alpha value is -0.490. The molecule has 1 aromatic heterocycles. The Morgan fingerprint density at radius 2 is 2.25 bits per heavy atom. The van der Waals surface area contributed by atoms with E-state index < -0.39 is 0 Å². The van der Waals surface area contributed by atoms with Gasteiger partial charge in [-0.1, -0.05) is 0 Å². The maximum Gasteiger partial charge on any atom is 0.142 e. The average Bonchev–Trinajstić information content (AvgIpc) is 1.64. The van der Waals surface area contributed by atoms with Crippen molar-refractivity contribution in [3.8, 4) is 0 Å². The summed E-state index contributed by atoms with van der Waals surface area (Å²) in [7, 11) is 2.36. The maximum atomic E-state index is 12.1. The van der Waals surface area contributed by atoms with Gasteiger partial charge in [0.05, 0.1) is 6.20 Å². The topological polar surface area (TPSA) is 12.9 Å². The number of pyridine rings is 1. The third kappa shape index (κ3) is 1.24. The fourth-order valence-electron chi connectivity index (χ4n) is 0.428. The molecule has 1 heterocycles. The van der Waals surface area contributed by atoms with Crippen LogP contribution in [-0.4, -0.2) is 4.98 Å². The van der Waals surface area contributed by atoms with Gasteiger partial charge in [0, 0.05) is 6.20 Å².